The molecule has 1 aliphatic rings. The molecule has 0 radical (unpaired) electrons. The van der Waals surface area contributed by atoms with E-state index in [1.54, 1.807) is 5.57 Å². The summed E-state index contributed by atoms with van der Waals surface area (Å²) in [7, 11) is 2.16. The number of allylic oxidation sites excluding steroid dienone is 4. The van der Waals surface area contributed by atoms with Crippen LogP contribution < -0.4 is 0 Å². The lowest BCUT2D eigenvalue weighted by atomic mass is 9.94. The summed E-state index contributed by atoms with van der Waals surface area (Å²) in [6, 6.07) is 6.65. The fourth-order valence-electron chi connectivity index (χ4n) is 3.45. The highest BCUT2D eigenvalue weighted by Gasteiger charge is 2.09. The van der Waals surface area contributed by atoms with Gasteiger partial charge in [0, 0.05) is 18.6 Å². The lowest BCUT2D eigenvalue weighted by Crippen LogP contribution is -1.93. The topological polar surface area (TPSA) is 4.93 Å². The second-order valence-corrected chi connectivity index (χ2v) is 6.43. The largest absolute Gasteiger partial charge is 0.350 e. The third-order valence-electron chi connectivity index (χ3n) is 4.67. The van der Waals surface area contributed by atoms with Gasteiger partial charge in [0.25, 0.3) is 0 Å². The van der Waals surface area contributed by atoms with E-state index < -0.39 is 0 Å². The van der Waals surface area contributed by atoms with Crippen molar-refractivity contribution in [1.82, 2.24) is 4.57 Å². The first kappa shape index (κ1) is 14.2. The molecule has 0 unspecified atom stereocenters. The van der Waals surface area contributed by atoms with Gasteiger partial charge in [-0.2, -0.15) is 0 Å². The van der Waals surface area contributed by atoms with Crippen molar-refractivity contribution in [1.29, 1.82) is 0 Å². The molecule has 0 spiro atoms. The maximum absolute atomic E-state index is 2.34. The Morgan fingerprint density at radius 3 is 2.67 bits per heavy atom. The third kappa shape index (κ3) is 2.97. The van der Waals surface area contributed by atoms with Crippen LogP contribution in [0.25, 0.3) is 10.9 Å². The molecule has 0 atom stereocenters. The molecule has 1 heteroatoms. The molecular weight excluding hydrogens is 254 g/mol. The first-order chi connectivity index (χ1) is 10.1. The summed E-state index contributed by atoms with van der Waals surface area (Å²) in [4.78, 5) is 0. The monoisotopic (exact) mass is 279 g/mol. The number of benzene rings is 1. The van der Waals surface area contributed by atoms with E-state index in [0.29, 0.717) is 0 Å². The lowest BCUT2D eigenvalue weighted by molar-refractivity contribution is 0.757. The molecule has 0 fully saturated rings. The molecular formula is C20H25N. The summed E-state index contributed by atoms with van der Waals surface area (Å²) in [6.07, 6.45) is 13.1. The molecule has 0 N–H and O–H groups in total. The molecule has 2 aromatic rings. The van der Waals surface area contributed by atoms with Crippen LogP contribution in [0.2, 0.25) is 0 Å². The van der Waals surface area contributed by atoms with Crippen LogP contribution >= 0.6 is 0 Å². The Hall–Kier alpha value is -1.76. The van der Waals surface area contributed by atoms with Gasteiger partial charge in [-0.1, -0.05) is 41.5 Å². The van der Waals surface area contributed by atoms with Crippen molar-refractivity contribution in [3.05, 3.63) is 58.8 Å². The van der Waals surface area contributed by atoms with E-state index in [2.05, 4.69) is 62.0 Å². The summed E-state index contributed by atoms with van der Waals surface area (Å²) in [5, 5.41) is 1.44. The minimum Gasteiger partial charge on any atom is -0.350 e. The summed E-state index contributed by atoms with van der Waals surface area (Å²) >= 11 is 0. The average Bonchev–Trinajstić information content (AvgIpc) is 2.79. The van der Waals surface area contributed by atoms with Gasteiger partial charge in [0.05, 0.1) is 5.52 Å². The van der Waals surface area contributed by atoms with Crippen molar-refractivity contribution in [2.45, 2.75) is 46.0 Å². The minimum absolute atomic E-state index is 1.18. The Bertz CT molecular complexity index is 713. The summed E-state index contributed by atoms with van der Waals surface area (Å²) < 4.78 is 2.28. The van der Waals surface area contributed by atoms with Gasteiger partial charge in [-0.15, -0.1) is 0 Å². The molecule has 21 heavy (non-hydrogen) atoms. The van der Waals surface area contributed by atoms with Gasteiger partial charge < -0.3 is 4.57 Å². The van der Waals surface area contributed by atoms with E-state index in [1.165, 1.54) is 59.7 Å². The number of aryl methyl sites for hydroxylation is 3. The first-order valence-electron chi connectivity index (χ1n) is 8.04. The summed E-state index contributed by atoms with van der Waals surface area (Å²) in [6.45, 7) is 4.43. The zero-order chi connectivity index (χ0) is 14.8. The normalized spacial score (nSPS) is 15.2. The highest BCUT2D eigenvalue weighted by atomic mass is 14.9. The molecule has 1 aliphatic carbocycles. The standard InChI is InChI=1S/C20H25N/c1-15-10-12-17(13-11-15)7-5-8-18-14-21(3)20-16(2)6-4-9-19(18)20/h4,6,9-10,12,14H,5,7-8,11,13H2,1-3H3. The van der Waals surface area contributed by atoms with Crippen LogP contribution in [0.15, 0.2) is 47.7 Å². The van der Waals surface area contributed by atoms with Crippen LogP contribution in [-0.2, 0) is 13.5 Å². The van der Waals surface area contributed by atoms with Gasteiger partial charge in [0.1, 0.15) is 0 Å². The van der Waals surface area contributed by atoms with Crippen LogP contribution in [0.3, 0.4) is 0 Å². The van der Waals surface area contributed by atoms with Crippen LogP contribution in [-0.4, -0.2) is 4.57 Å². The molecule has 3 rings (SSSR count). The highest BCUT2D eigenvalue weighted by molar-refractivity contribution is 5.86. The Labute approximate surface area is 128 Å². The molecule has 0 aliphatic heterocycles. The molecule has 110 valence electrons. The molecule has 0 bridgehead atoms. The van der Waals surface area contributed by atoms with Crippen LogP contribution in [0, 0.1) is 6.92 Å². The van der Waals surface area contributed by atoms with Gasteiger partial charge in [0.2, 0.25) is 0 Å². The van der Waals surface area contributed by atoms with Crippen molar-refractivity contribution in [2.24, 2.45) is 7.05 Å². The van der Waals surface area contributed by atoms with E-state index in [9.17, 15) is 0 Å². The van der Waals surface area contributed by atoms with Crippen LogP contribution in [0.4, 0.5) is 0 Å². The molecule has 0 amide bonds. The summed E-state index contributed by atoms with van der Waals surface area (Å²) in [5.74, 6) is 0. The van der Waals surface area contributed by atoms with Crippen molar-refractivity contribution in [3.8, 4) is 0 Å². The smallest absolute Gasteiger partial charge is 0.0510 e. The number of fused-ring (bicyclic) bond motifs is 1. The number of aromatic nitrogens is 1. The number of hydrogen-bond acceptors (Lipinski definition) is 0. The predicted octanol–water partition coefficient (Wildman–Crippen LogP) is 5.48. The molecule has 1 aromatic heterocycles. The van der Waals surface area contributed by atoms with E-state index in [-0.39, 0.29) is 0 Å². The van der Waals surface area contributed by atoms with E-state index in [0.717, 1.165) is 0 Å². The SMILES string of the molecule is CC1=CC=C(CCCc2cn(C)c3c(C)cccc23)CC1. The van der Waals surface area contributed by atoms with Gasteiger partial charge in [-0.05, 0) is 57.1 Å². The summed E-state index contributed by atoms with van der Waals surface area (Å²) in [5.41, 5.74) is 7.40. The minimum atomic E-state index is 1.18. The van der Waals surface area contributed by atoms with Crippen molar-refractivity contribution >= 4 is 10.9 Å². The van der Waals surface area contributed by atoms with Crippen molar-refractivity contribution in [2.75, 3.05) is 0 Å². The first-order valence-corrected chi connectivity index (χ1v) is 8.04. The predicted molar refractivity (Wildman–Crippen MR) is 91.7 cm³/mol. The van der Waals surface area contributed by atoms with Crippen LogP contribution in [0.1, 0.15) is 43.7 Å². The Kier molecular flexibility index (Phi) is 4.01. The quantitative estimate of drug-likeness (QED) is 0.698. The van der Waals surface area contributed by atoms with Gasteiger partial charge in [0.15, 0.2) is 0 Å². The number of nitrogens with zero attached hydrogens (tertiary/aromatic N) is 1. The number of hydrogen-bond donors (Lipinski definition) is 0. The van der Waals surface area contributed by atoms with E-state index in [4.69, 9.17) is 0 Å². The van der Waals surface area contributed by atoms with Crippen molar-refractivity contribution in [3.63, 3.8) is 0 Å². The zero-order valence-electron chi connectivity index (χ0n) is 13.4. The second kappa shape index (κ2) is 5.93. The lowest BCUT2D eigenvalue weighted by Gasteiger charge is -2.11. The maximum Gasteiger partial charge on any atom is 0.0510 e. The molecule has 1 aromatic carbocycles. The maximum atomic E-state index is 2.34. The fraction of sp³-hybridized carbons (Fsp3) is 0.400. The van der Waals surface area contributed by atoms with Crippen LogP contribution in [0.5, 0.6) is 0 Å². The Morgan fingerprint density at radius 1 is 1.05 bits per heavy atom. The average molecular weight is 279 g/mol. The van der Waals surface area contributed by atoms with Gasteiger partial charge >= 0.3 is 0 Å². The fourth-order valence-corrected chi connectivity index (χ4v) is 3.45. The van der Waals surface area contributed by atoms with E-state index >= 15 is 0 Å². The van der Waals surface area contributed by atoms with E-state index in [1.807, 2.05) is 0 Å². The zero-order valence-corrected chi connectivity index (χ0v) is 13.4. The van der Waals surface area contributed by atoms with Crippen molar-refractivity contribution < 1.29 is 0 Å². The molecule has 0 saturated carbocycles. The van der Waals surface area contributed by atoms with Gasteiger partial charge in [-0.25, -0.2) is 0 Å². The number of para-hydroxylation sites is 1. The molecule has 0 saturated heterocycles. The third-order valence-corrected chi connectivity index (χ3v) is 4.67. The number of rotatable bonds is 4. The Balaban J connectivity index is 1.70. The molecule has 1 nitrogen and oxygen atoms in total. The Morgan fingerprint density at radius 2 is 1.90 bits per heavy atom. The van der Waals surface area contributed by atoms with Gasteiger partial charge in [-0.3, -0.25) is 0 Å². The second-order valence-electron chi connectivity index (χ2n) is 6.43. The highest BCUT2D eigenvalue weighted by Crippen LogP contribution is 2.27. The molecule has 1 heterocycles.